The summed E-state index contributed by atoms with van der Waals surface area (Å²) in [6.07, 6.45) is -2.22. The van der Waals surface area contributed by atoms with Crippen LogP contribution in [0.2, 0.25) is 0 Å². The number of amides is 3. The maximum absolute atomic E-state index is 11.8. The van der Waals surface area contributed by atoms with Crippen LogP contribution >= 0.6 is 0 Å². The quantitative estimate of drug-likeness (QED) is 0.534. The van der Waals surface area contributed by atoms with Crippen LogP contribution < -0.4 is 5.32 Å². The molecule has 1 atom stereocenters. The fourth-order valence-electron chi connectivity index (χ4n) is 1.80. The van der Waals surface area contributed by atoms with Crippen molar-refractivity contribution in [3.63, 3.8) is 0 Å². The summed E-state index contributed by atoms with van der Waals surface area (Å²) in [4.78, 5) is 62.9. The van der Waals surface area contributed by atoms with Gasteiger partial charge in [0.1, 0.15) is 11.6 Å². The number of rotatable bonds is 6. The van der Waals surface area contributed by atoms with E-state index in [1.165, 1.54) is 0 Å². The molecule has 10 nitrogen and oxygen atoms in total. The molecule has 0 saturated carbocycles. The van der Waals surface area contributed by atoms with E-state index >= 15 is 0 Å². The minimum atomic E-state index is -2.31. The van der Waals surface area contributed by atoms with Gasteiger partial charge in [0.25, 0.3) is 11.8 Å². The smallest absolute Gasteiger partial charge is 0.408 e. The molecule has 0 aromatic carbocycles. The van der Waals surface area contributed by atoms with E-state index in [-0.39, 0.29) is 12.8 Å². The van der Waals surface area contributed by atoms with Crippen LogP contribution in [-0.4, -0.2) is 53.6 Å². The molecule has 140 valence electrons. The van der Waals surface area contributed by atoms with Crippen molar-refractivity contribution in [2.45, 2.75) is 58.1 Å². The summed E-state index contributed by atoms with van der Waals surface area (Å²) in [7, 11) is 1.02. The first kappa shape index (κ1) is 18.7. The van der Waals surface area contributed by atoms with E-state index in [0.717, 1.165) is 7.11 Å². The summed E-state index contributed by atoms with van der Waals surface area (Å²) in [5.74, 6) is -3.44. The molecule has 1 fully saturated rings. The number of hydrogen-bond acceptors (Lipinski definition) is 8. The molecule has 1 heterocycles. The van der Waals surface area contributed by atoms with E-state index in [1.54, 1.807) is 20.8 Å². The summed E-state index contributed by atoms with van der Waals surface area (Å²) in [5.41, 5.74) is -0.865. The van der Waals surface area contributed by atoms with E-state index < -0.39 is 54.3 Å². The minimum absolute atomic E-state index is 0.0587. The number of hydrogen-bond donors (Lipinski definition) is 1. The second-order valence-corrected chi connectivity index (χ2v) is 6.14. The lowest BCUT2D eigenvalue weighted by Crippen LogP contribution is -2.44. The van der Waals surface area contributed by atoms with Crippen molar-refractivity contribution >= 4 is 29.8 Å². The SMILES string of the molecule is [2H]C(CCC(=O)ON1C(=O)CCC1=O)(NC(=O)OC(C)(C)C)C(=O)OC. The first-order valence-corrected chi connectivity index (χ1v) is 7.54. The fraction of sp³-hybridized carbons (Fsp3) is 0.667. The molecule has 10 heteroatoms. The highest BCUT2D eigenvalue weighted by atomic mass is 16.7. The van der Waals surface area contributed by atoms with Gasteiger partial charge in [0.05, 0.1) is 14.9 Å². The molecule has 0 radical (unpaired) electrons. The molecule has 1 rings (SSSR count). The maximum atomic E-state index is 11.8. The lowest BCUT2D eigenvalue weighted by Gasteiger charge is -2.22. The average molecular weight is 359 g/mol. The van der Waals surface area contributed by atoms with Crippen molar-refractivity contribution in [3.8, 4) is 0 Å². The summed E-state index contributed by atoms with van der Waals surface area (Å²) in [6.45, 7) is 4.79. The average Bonchev–Trinajstić information content (AvgIpc) is 2.82. The normalized spacial score (nSPS) is 17.4. The van der Waals surface area contributed by atoms with E-state index in [2.05, 4.69) is 9.57 Å². The fourth-order valence-corrected chi connectivity index (χ4v) is 1.80. The molecule has 1 saturated heterocycles. The number of nitrogens with zero attached hydrogens (tertiary/aromatic N) is 1. The second kappa shape index (κ2) is 8.45. The third kappa shape index (κ3) is 6.77. The van der Waals surface area contributed by atoms with E-state index in [1.807, 2.05) is 5.32 Å². The first-order chi connectivity index (χ1) is 11.9. The predicted molar refractivity (Wildman–Crippen MR) is 81.6 cm³/mol. The van der Waals surface area contributed by atoms with Gasteiger partial charge in [0, 0.05) is 12.8 Å². The van der Waals surface area contributed by atoms with Crippen molar-refractivity contribution < 1.29 is 39.7 Å². The summed E-state index contributed by atoms with van der Waals surface area (Å²) in [5, 5.41) is 2.40. The number of carbonyl (C=O) groups excluding carboxylic acids is 5. The van der Waals surface area contributed by atoms with Crippen molar-refractivity contribution in [2.24, 2.45) is 0 Å². The molecule has 1 aliphatic rings. The molecule has 0 aromatic rings. The van der Waals surface area contributed by atoms with Crippen molar-refractivity contribution in [1.29, 1.82) is 0 Å². The Hall–Kier alpha value is -2.65. The van der Waals surface area contributed by atoms with Gasteiger partial charge in [-0.05, 0) is 27.2 Å². The van der Waals surface area contributed by atoms with Crippen LogP contribution in [0.15, 0.2) is 0 Å². The Kier molecular flexibility index (Phi) is 6.31. The maximum Gasteiger partial charge on any atom is 0.408 e. The zero-order valence-corrected chi connectivity index (χ0v) is 14.5. The highest BCUT2D eigenvalue weighted by molar-refractivity contribution is 6.01. The van der Waals surface area contributed by atoms with Crippen LogP contribution in [0.5, 0.6) is 0 Å². The Bertz CT molecular complexity index is 599. The Labute approximate surface area is 146 Å². The number of alkyl carbamates (subject to hydrolysis) is 1. The number of ether oxygens (including phenoxy) is 2. The number of hydroxylamine groups is 2. The largest absolute Gasteiger partial charge is 0.467 e. The highest BCUT2D eigenvalue weighted by Gasteiger charge is 2.33. The number of carbonyl (C=O) groups is 5. The van der Waals surface area contributed by atoms with Crippen LogP contribution in [0.3, 0.4) is 0 Å². The topological polar surface area (TPSA) is 128 Å². The van der Waals surface area contributed by atoms with Gasteiger partial charge in [0.2, 0.25) is 0 Å². The van der Waals surface area contributed by atoms with Gasteiger partial charge in [-0.15, -0.1) is 5.06 Å². The third-order valence-corrected chi connectivity index (χ3v) is 2.86. The monoisotopic (exact) mass is 359 g/mol. The zero-order valence-electron chi connectivity index (χ0n) is 15.5. The Morgan fingerprint density at radius 1 is 1.24 bits per heavy atom. The summed E-state index contributed by atoms with van der Waals surface area (Å²) < 4.78 is 17.5. The predicted octanol–water partition coefficient (Wildman–Crippen LogP) is 0.440. The minimum Gasteiger partial charge on any atom is -0.467 e. The molecule has 0 aliphatic carbocycles. The van der Waals surface area contributed by atoms with Gasteiger partial charge in [-0.1, -0.05) is 0 Å². The van der Waals surface area contributed by atoms with Gasteiger partial charge in [0.15, 0.2) is 0 Å². The van der Waals surface area contributed by atoms with Crippen molar-refractivity contribution in [2.75, 3.05) is 7.11 Å². The third-order valence-electron chi connectivity index (χ3n) is 2.86. The highest BCUT2D eigenvalue weighted by Crippen LogP contribution is 2.14. The molecule has 1 N–H and O–H groups in total. The van der Waals surface area contributed by atoms with Gasteiger partial charge in [-0.2, -0.15) is 0 Å². The van der Waals surface area contributed by atoms with Crippen molar-refractivity contribution in [3.05, 3.63) is 0 Å². The molecule has 3 amide bonds. The molecule has 1 unspecified atom stereocenters. The van der Waals surface area contributed by atoms with E-state index in [9.17, 15) is 24.0 Å². The zero-order chi connectivity index (χ0) is 20.1. The van der Waals surface area contributed by atoms with Gasteiger partial charge in [-0.25, -0.2) is 14.4 Å². The number of methoxy groups -OCH3 is 1. The first-order valence-electron chi connectivity index (χ1n) is 8.04. The van der Waals surface area contributed by atoms with Crippen molar-refractivity contribution in [1.82, 2.24) is 10.4 Å². The van der Waals surface area contributed by atoms with Crippen LogP contribution in [0.25, 0.3) is 0 Å². The number of nitrogens with one attached hydrogen (secondary N) is 1. The van der Waals surface area contributed by atoms with Crippen LogP contribution in [-0.2, 0) is 33.5 Å². The van der Waals surface area contributed by atoms with Crippen LogP contribution in [0, 0.1) is 0 Å². The van der Waals surface area contributed by atoms with Gasteiger partial charge < -0.3 is 19.6 Å². The van der Waals surface area contributed by atoms with Gasteiger partial charge in [-0.3, -0.25) is 9.59 Å². The standard InChI is InChI=1S/C15H22N2O8/c1-15(2,3)24-14(22)16-9(13(21)23-4)5-8-12(20)25-17-10(18)6-7-11(17)19/h9H,5-8H2,1-4H3,(H,16,22)/i9D. The van der Waals surface area contributed by atoms with Crippen LogP contribution in [0.1, 0.15) is 47.8 Å². The number of imide groups is 1. The van der Waals surface area contributed by atoms with E-state index in [4.69, 9.17) is 6.11 Å². The number of esters is 1. The second-order valence-electron chi connectivity index (χ2n) is 6.14. The summed E-state index contributed by atoms with van der Waals surface area (Å²) >= 11 is 0. The molecule has 1 aliphatic heterocycles. The molecule has 0 bridgehead atoms. The van der Waals surface area contributed by atoms with E-state index in [0.29, 0.717) is 5.06 Å². The Morgan fingerprint density at radius 2 is 1.80 bits per heavy atom. The molecule has 0 spiro atoms. The molecule has 25 heavy (non-hydrogen) atoms. The Morgan fingerprint density at radius 3 is 2.28 bits per heavy atom. The van der Waals surface area contributed by atoms with Crippen LogP contribution in [0.4, 0.5) is 4.79 Å². The summed E-state index contributed by atoms with van der Waals surface area (Å²) in [6, 6.07) is -2.31. The van der Waals surface area contributed by atoms with Gasteiger partial charge >= 0.3 is 18.0 Å². The lowest BCUT2D eigenvalue weighted by atomic mass is 10.1. The molecular weight excluding hydrogens is 336 g/mol. The Balaban J connectivity index is 2.70. The molecule has 0 aromatic heterocycles. The lowest BCUT2D eigenvalue weighted by molar-refractivity contribution is -0.197. The molecular formula is C15H22N2O8.